The van der Waals surface area contributed by atoms with Crippen LogP contribution in [-0.2, 0) is 23.7 Å². The van der Waals surface area contributed by atoms with Crippen LogP contribution in [-0.4, -0.2) is 94.4 Å². The van der Waals surface area contributed by atoms with Crippen LogP contribution in [0.25, 0.3) is 0 Å². The lowest BCUT2D eigenvalue weighted by Gasteiger charge is -2.34. The predicted molar refractivity (Wildman–Crippen MR) is 144 cm³/mol. The Kier molecular flexibility index (Phi) is 12.8. The number of hydrogen-bond donors (Lipinski definition) is 2. The fourth-order valence-corrected chi connectivity index (χ4v) is 5.12. The van der Waals surface area contributed by atoms with Gasteiger partial charge in [0.25, 0.3) is 0 Å². The minimum atomic E-state index is -0.680. The zero-order chi connectivity index (χ0) is 27.6. The van der Waals surface area contributed by atoms with Gasteiger partial charge in [-0.25, -0.2) is 4.79 Å². The summed E-state index contributed by atoms with van der Waals surface area (Å²) in [5, 5.41) is 5.75. The smallest absolute Gasteiger partial charge is 0.408 e. The zero-order valence-electron chi connectivity index (χ0n) is 24.3. The van der Waals surface area contributed by atoms with E-state index in [1.165, 1.54) is 5.57 Å². The Balaban J connectivity index is 2.07. The molecule has 0 aromatic rings. The maximum atomic E-state index is 13.1. The Hall–Kier alpha value is -1.68. The first-order valence-electron chi connectivity index (χ1n) is 13.8. The van der Waals surface area contributed by atoms with Crippen LogP contribution < -0.4 is 10.6 Å². The summed E-state index contributed by atoms with van der Waals surface area (Å²) in [6, 6.07) is -0.680. The molecule has 2 saturated heterocycles. The molecule has 9 heteroatoms. The average molecular weight is 526 g/mol. The third-order valence-electron chi connectivity index (χ3n) is 7.40. The minimum Gasteiger partial charge on any atom is -0.443 e. The first-order chi connectivity index (χ1) is 17.5. The topological polar surface area (TPSA) is 102 Å². The largest absolute Gasteiger partial charge is 0.443 e. The van der Waals surface area contributed by atoms with Crippen LogP contribution in [0.3, 0.4) is 0 Å². The van der Waals surface area contributed by atoms with Crippen LogP contribution in [0, 0.1) is 11.8 Å². The maximum Gasteiger partial charge on any atom is 0.408 e. The molecule has 214 valence electrons. The van der Waals surface area contributed by atoms with Crippen molar-refractivity contribution in [3.63, 3.8) is 0 Å². The number of carbonyl (C=O) groups excluding carboxylic acids is 2. The van der Waals surface area contributed by atoms with E-state index in [2.05, 4.69) is 42.4 Å². The molecule has 0 spiro atoms. The number of epoxide rings is 1. The highest BCUT2D eigenvalue weighted by Gasteiger charge is 2.60. The molecule has 2 aliphatic heterocycles. The Labute approximate surface area is 224 Å². The number of ether oxygens (including phenoxy) is 4. The molecule has 2 fully saturated rings. The molecule has 0 aromatic carbocycles. The van der Waals surface area contributed by atoms with Gasteiger partial charge in [0.2, 0.25) is 5.91 Å². The summed E-state index contributed by atoms with van der Waals surface area (Å²) in [6.45, 7) is 12.8. The molecule has 6 unspecified atom stereocenters. The number of nitrogens with zero attached hydrogens (tertiary/aromatic N) is 1. The van der Waals surface area contributed by atoms with Crippen LogP contribution in [0.5, 0.6) is 0 Å². The SMILES string of the molecule is COC1C(OC(=O)NC(C(=O)NCCCN(C)C)C(C)C)CCCOCCC1C1(C)OC1CC=C(C)C. The van der Waals surface area contributed by atoms with E-state index in [0.717, 1.165) is 32.2 Å². The van der Waals surface area contributed by atoms with Gasteiger partial charge in [-0.05, 0) is 79.4 Å². The summed E-state index contributed by atoms with van der Waals surface area (Å²) in [4.78, 5) is 27.9. The van der Waals surface area contributed by atoms with Gasteiger partial charge in [-0.15, -0.1) is 0 Å². The van der Waals surface area contributed by atoms with Crippen molar-refractivity contribution in [3.05, 3.63) is 11.6 Å². The van der Waals surface area contributed by atoms with E-state index < -0.39 is 18.2 Å². The normalized spacial score (nSPS) is 29.0. The lowest BCUT2D eigenvalue weighted by Crippen LogP contribution is -2.52. The summed E-state index contributed by atoms with van der Waals surface area (Å²) in [6.07, 6.45) is 4.68. The molecule has 0 aliphatic carbocycles. The molecule has 6 atom stereocenters. The second-order valence-electron chi connectivity index (χ2n) is 11.4. The number of rotatable bonds is 12. The number of methoxy groups -OCH3 is 1. The molecule has 2 heterocycles. The van der Waals surface area contributed by atoms with Gasteiger partial charge in [0.1, 0.15) is 12.1 Å². The molecule has 2 amide bonds. The van der Waals surface area contributed by atoms with Crippen molar-refractivity contribution < 1.29 is 28.5 Å². The van der Waals surface area contributed by atoms with Crippen molar-refractivity contribution in [3.8, 4) is 0 Å². The first kappa shape index (κ1) is 31.5. The van der Waals surface area contributed by atoms with Crippen LogP contribution >= 0.6 is 0 Å². The highest BCUT2D eigenvalue weighted by molar-refractivity contribution is 5.85. The van der Waals surface area contributed by atoms with Crippen LogP contribution in [0.2, 0.25) is 0 Å². The molecule has 0 saturated carbocycles. The summed E-state index contributed by atoms with van der Waals surface area (Å²) in [7, 11) is 5.66. The lowest BCUT2D eigenvalue weighted by atomic mass is 9.80. The Morgan fingerprint density at radius 2 is 1.92 bits per heavy atom. The third kappa shape index (κ3) is 9.85. The summed E-state index contributed by atoms with van der Waals surface area (Å²) in [5.41, 5.74) is 0.893. The number of carbonyl (C=O) groups is 2. The Morgan fingerprint density at radius 3 is 2.54 bits per heavy atom. The number of allylic oxidation sites excluding steroid dienone is 1. The molecule has 0 radical (unpaired) electrons. The van der Waals surface area contributed by atoms with Crippen molar-refractivity contribution in [2.75, 3.05) is 47.5 Å². The lowest BCUT2D eigenvalue weighted by molar-refractivity contribution is -0.124. The quantitative estimate of drug-likeness (QED) is 0.228. The molecule has 37 heavy (non-hydrogen) atoms. The van der Waals surface area contributed by atoms with Gasteiger partial charge in [-0.2, -0.15) is 0 Å². The van der Waals surface area contributed by atoms with E-state index in [9.17, 15) is 9.59 Å². The van der Waals surface area contributed by atoms with E-state index in [0.29, 0.717) is 26.2 Å². The summed E-state index contributed by atoms with van der Waals surface area (Å²) in [5.74, 6) is -0.281. The van der Waals surface area contributed by atoms with E-state index in [4.69, 9.17) is 18.9 Å². The number of nitrogens with one attached hydrogen (secondary N) is 2. The van der Waals surface area contributed by atoms with E-state index in [1.54, 1.807) is 7.11 Å². The van der Waals surface area contributed by atoms with Crippen molar-refractivity contribution >= 4 is 12.0 Å². The second-order valence-corrected chi connectivity index (χ2v) is 11.4. The summed E-state index contributed by atoms with van der Waals surface area (Å²) >= 11 is 0. The highest BCUT2D eigenvalue weighted by Crippen LogP contribution is 2.49. The standard InChI is InChI=1S/C28H51N3O6/c1-19(2)12-13-23-28(5,37-23)21-14-18-35-17-9-11-22(25(21)34-8)36-27(33)30-24(20(3)4)26(32)29-15-10-16-31(6)7/h12,20-25H,9-11,13-18H2,1-8H3,(H,29,32)(H,30,33). The van der Waals surface area contributed by atoms with Gasteiger partial charge < -0.3 is 34.5 Å². The second kappa shape index (κ2) is 15.0. The van der Waals surface area contributed by atoms with Gasteiger partial charge in [0.05, 0.1) is 17.8 Å². The third-order valence-corrected chi connectivity index (χ3v) is 7.40. The van der Waals surface area contributed by atoms with Gasteiger partial charge in [-0.1, -0.05) is 25.5 Å². The van der Waals surface area contributed by atoms with Crippen molar-refractivity contribution in [1.29, 1.82) is 0 Å². The minimum absolute atomic E-state index is 0.00449. The van der Waals surface area contributed by atoms with E-state index in [-0.39, 0.29) is 35.6 Å². The Bertz CT molecular complexity index is 754. The highest BCUT2D eigenvalue weighted by atomic mass is 16.6. The molecule has 2 aliphatic rings. The molecule has 0 aromatic heterocycles. The number of amides is 2. The predicted octanol–water partition coefficient (Wildman–Crippen LogP) is 3.52. The van der Waals surface area contributed by atoms with Gasteiger partial charge in [-0.3, -0.25) is 4.79 Å². The van der Waals surface area contributed by atoms with Crippen LogP contribution in [0.4, 0.5) is 4.79 Å². The van der Waals surface area contributed by atoms with E-state index >= 15 is 0 Å². The van der Waals surface area contributed by atoms with Gasteiger partial charge >= 0.3 is 6.09 Å². The maximum absolute atomic E-state index is 13.1. The zero-order valence-corrected chi connectivity index (χ0v) is 24.3. The molecular formula is C28H51N3O6. The van der Waals surface area contributed by atoms with Crippen molar-refractivity contribution in [1.82, 2.24) is 15.5 Å². The van der Waals surface area contributed by atoms with Gasteiger partial charge in [0, 0.05) is 32.8 Å². The monoisotopic (exact) mass is 525 g/mol. The summed E-state index contributed by atoms with van der Waals surface area (Å²) < 4.78 is 24.0. The number of alkyl carbamates (subject to hydrolysis) is 1. The van der Waals surface area contributed by atoms with Crippen molar-refractivity contribution in [2.45, 2.75) is 96.7 Å². The molecule has 2 rings (SSSR count). The average Bonchev–Trinajstić information content (AvgIpc) is 3.47. The van der Waals surface area contributed by atoms with E-state index in [1.807, 2.05) is 27.9 Å². The number of hydrogen-bond acceptors (Lipinski definition) is 7. The van der Waals surface area contributed by atoms with Gasteiger partial charge in [0.15, 0.2) is 0 Å². The molecule has 2 N–H and O–H groups in total. The fraction of sp³-hybridized carbons (Fsp3) is 0.857. The Morgan fingerprint density at radius 1 is 1.19 bits per heavy atom. The molecular weight excluding hydrogens is 474 g/mol. The van der Waals surface area contributed by atoms with Crippen molar-refractivity contribution in [2.24, 2.45) is 11.8 Å². The fourth-order valence-electron chi connectivity index (χ4n) is 5.12. The van der Waals surface area contributed by atoms with Crippen LogP contribution in [0.15, 0.2) is 11.6 Å². The molecule has 9 nitrogen and oxygen atoms in total. The first-order valence-corrected chi connectivity index (χ1v) is 13.8. The molecule has 0 bridgehead atoms. The van der Waals surface area contributed by atoms with Crippen LogP contribution in [0.1, 0.15) is 66.7 Å².